The Balaban J connectivity index is 1.72. The number of nitrogens with zero attached hydrogens (tertiary/aromatic N) is 5. The predicted molar refractivity (Wildman–Crippen MR) is 83.9 cm³/mol. The minimum Gasteiger partial charge on any atom is -0.357 e. The zero-order valence-corrected chi connectivity index (χ0v) is 12.7. The van der Waals surface area contributed by atoms with Gasteiger partial charge in [0.15, 0.2) is 5.69 Å². The van der Waals surface area contributed by atoms with Gasteiger partial charge in [-0.15, -0.1) is 5.10 Å². The van der Waals surface area contributed by atoms with Crippen LogP contribution in [0.2, 0.25) is 0 Å². The van der Waals surface area contributed by atoms with Crippen molar-refractivity contribution in [2.24, 2.45) is 0 Å². The summed E-state index contributed by atoms with van der Waals surface area (Å²) in [6, 6.07) is 11.8. The Morgan fingerprint density at radius 1 is 1.09 bits per heavy atom. The number of hydrogen-bond donors (Lipinski definition) is 1. The number of hydrogen-bond acceptors (Lipinski definition) is 5. The van der Waals surface area contributed by atoms with Crippen molar-refractivity contribution in [3.63, 3.8) is 0 Å². The van der Waals surface area contributed by atoms with E-state index in [0.29, 0.717) is 17.4 Å². The van der Waals surface area contributed by atoms with Crippen molar-refractivity contribution in [1.29, 1.82) is 0 Å². The molecule has 0 atom stereocenters. The lowest BCUT2D eigenvalue weighted by Crippen LogP contribution is -1.99. The molecule has 3 aromatic heterocycles. The Labute approximate surface area is 132 Å². The summed E-state index contributed by atoms with van der Waals surface area (Å²) in [6.45, 7) is 3.98. The number of aryl methyl sites for hydroxylation is 1. The highest BCUT2D eigenvalue weighted by Gasteiger charge is 2.18. The summed E-state index contributed by atoms with van der Waals surface area (Å²) in [5.41, 5.74) is 4.37. The Bertz CT molecular complexity index is 934. The third-order valence-corrected chi connectivity index (χ3v) is 3.64. The lowest BCUT2D eigenvalue weighted by Gasteiger charge is -2.03. The minimum atomic E-state index is 0.422. The molecule has 0 aliphatic rings. The zero-order chi connectivity index (χ0) is 15.8. The van der Waals surface area contributed by atoms with E-state index in [4.69, 9.17) is 4.52 Å². The van der Waals surface area contributed by atoms with Crippen molar-refractivity contribution in [3.8, 4) is 28.8 Å². The van der Waals surface area contributed by atoms with Crippen LogP contribution < -0.4 is 0 Å². The first-order chi connectivity index (χ1) is 11.2. The van der Waals surface area contributed by atoms with E-state index in [2.05, 4.69) is 25.4 Å². The first-order valence-corrected chi connectivity index (χ1v) is 7.19. The van der Waals surface area contributed by atoms with Crippen molar-refractivity contribution in [3.05, 3.63) is 53.9 Å². The molecule has 0 unspecified atom stereocenters. The van der Waals surface area contributed by atoms with Gasteiger partial charge in [0.05, 0.1) is 11.4 Å². The summed E-state index contributed by atoms with van der Waals surface area (Å²) in [5, 5.41) is 12.4. The standard InChI is InChI=1S/C16H14N6O/c1-10-5-7-12(8-6-10)22-11(2)14(19-21-22)15-18-16(23-20-15)13-4-3-9-17-13/h3-9,17H,1-2H3. The lowest BCUT2D eigenvalue weighted by molar-refractivity contribution is 0.431. The second kappa shape index (κ2) is 5.20. The van der Waals surface area contributed by atoms with E-state index in [0.717, 1.165) is 17.1 Å². The summed E-state index contributed by atoms with van der Waals surface area (Å²) in [7, 11) is 0. The molecule has 0 saturated carbocycles. The maximum atomic E-state index is 5.28. The third-order valence-electron chi connectivity index (χ3n) is 3.64. The molecule has 0 fully saturated rings. The van der Waals surface area contributed by atoms with Gasteiger partial charge in [-0.1, -0.05) is 28.1 Å². The SMILES string of the molecule is Cc1ccc(-n2nnc(-c3noc(-c4ccc[nH]4)n3)c2C)cc1. The molecule has 4 aromatic rings. The molecular formula is C16H14N6O. The number of aromatic amines is 1. The van der Waals surface area contributed by atoms with Crippen molar-refractivity contribution < 1.29 is 4.52 Å². The summed E-state index contributed by atoms with van der Waals surface area (Å²) in [6.07, 6.45) is 1.80. The van der Waals surface area contributed by atoms with Gasteiger partial charge in [0.1, 0.15) is 5.69 Å². The van der Waals surface area contributed by atoms with Crippen LogP contribution in [0.15, 0.2) is 47.1 Å². The molecule has 0 radical (unpaired) electrons. The lowest BCUT2D eigenvalue weighted by atomic mass is 10.2. The van der Waals surface area contributed by atoms with E-state index in [1.807, 2.05) is 50.2 Å². The molecule has 3 heterocycles. The van der Waals surface area contributed by atoms with Gasteiger partial charge in [-0.25, -0.2) is 4.68 Å². The maximum Gasteiger partial charge on any atom is 0.274 e. The van der Waals surface area contributed by atoms with E-state index in [1.165, 1.54) is 5.56 Å². The van der Waals surface area contributed by atoms with E-state index >= 15 is 0 Å². The number of nitrogens with one attached hydrogen (secondary N) is 1. The maximum absolute atomic E-state index is 5.28. The second-order valence-corrected chi connectivity index (χ2v) is 5.28. The molecule has 7 nitrogen and oxygen atoms in total. The number of benzene rings is 1. The highest BCUT2D eigenvalue weighted by atomic mass is 16.5. The summed E-state index contributed by atoms with van der Waals surface area (Å²) in [4.78, 5) is 7.41. The van der Waals surface area contributed by atoms with Crippen LogP contribution in [0.1, 0.15) is 11.3 Å². The first kappa shape index (κ1) is 13.4. The van der Waals surface area contributed by atoms with Crippen LogP contribution in [0.4, 0.5) is 0 Å². The largest absolute Gasteiger partial charge is 0.357 e. The molecular weight excluding hydrogens is 292 g/mol. The molecule has 7 heteroatoms. The van der Waals surface area contributed by atoms with E-state index in [-0.39, 0.29) is 0 Å². The van der Waals surface area contributed by atoms with Gasteiger partial charge >= 0.3 is 0 Å². The van der Waals surface area contributed by atoms with Crippen LogP contribution in [0, 0.1) is 13.8 Å². The number of aromatic nitrogens is 6. The summed E-state index contributed by atoms with van der Waals surface area (Å²) >= 11 is 0. The van der Waals surface area contributed by atoms with Gasteiger partial charge in [-0.05, 0) is 38.1 Å². The molecule has 0 amide bonds. The molecule has 1 aromatic carbocycles. The third kappa shape index (κ3) is 2.32. The normalized spacial score (nSPS) is 11.0. The van der Waals surface area contributed by atoms with Crippen LogP contribution >= 0.6 is 0 Å². The Kier molecular flexibility index (Phi) is 3.04. The average molecular weight is 306 g/mol. The molecule has 0 spiro atoms. The van der Waals surface area contributed by atoms with E-state index in [9.17, 15) is 0 Å². The first-order valence-electron chi connectivity index (χ1n) is 7.19. The smallest absolute Gasteiger partial charge is 0.274 e. The summed E-state index contributed by atoms with van der Waals surface area (Å²) < 4.78 is 7.04. The fourth-order valence-corrected chi connectivity index (χ4v) is 2.36. The van der Waals surface area contributed by atoms with Crippen LogP contribution in [0.3, 0.4) is 0 Å². The van der Waals surface area contributed by atoms with E-state index < -0.39 is 0 Å². The molecule has 114 valence electrons. The van der Waals surface area contributed by atoms with Gasteiger partial charge in [0.25, 0.3) is 5.89 Å². The number of H-pyrrole nitrogens is 1. The Morgan fingerprint density at radius 3 is 2.65 bits per heavy atom. The number of rotatable bonds is 3. The van der Waals surface area contributed by atoms with Crippen LogP contribution in [-0.4, -0.2) is 30.1 Å². The topological polar surface area (TPSA) is 85.4 Å². The van der Waals surface area contributed by atoms with Crippen molar-refractivity contribution >= 4 is 0 Å². The molecule has 0 aliphatic carbocycles. The average Bonchev–Trinajstić information content (AvgIpc) is 3.27. The van der Waals surface area contributed by atoms with Crippen LogP contribution in [-0.2, 0) is 0 Å². The second-order valence-electron chi connectivity index (χ2n) is 5.28. The highest BCUT2D eigenvalue weighted by molar-refractivity contribution is 5.56. The fraction of sp³-hybridized carbons (Fsp3) is 0.125. The molecule has 4 rings (SSSR count). The predicted octanol–water partition coefficient (Wildman–Crippen LogP) is 2.93. The van der Waals surface area contributed by atoms with Gasteiger partial charge in [-0.2, -0.15) is 4.98 Å². The summed E-state index contributed by atoms with van der Waals surface area (Å²) in [5.74, 6) is 0.847. The Morgan fingerprint density at radius 2 is 1.91 bits per heavy atom. The van der Waals surface area contributed by atoms with Crippen molar-refractivity contribution in [2.75, 3.05) is 0 Å². The van der Waals surface area contributed by atoms with Crippen molar-refractivity contribution in [1.82, 2.24) is 30.1 Å². The quantitative estimate of drug-likeness (QED) is 0.629. The fourth-order valence-electron chi connectivity index (χ4n) is 2.36. The van der Waals surface area contributed by atoms with Crippen LogP contribution in [0.25, 0.3) is 28.8 Å². The van der Waals surface area contributed by atoms with Gasteiger partial charge in [-0.3, -0.25) is 0 Å². The Hall–Kier alpha value is -3.22. The highest BCUT2D eigenvalue weighted by Crippen LogP contribution is 2.23. The van der Waals surface area contributed by atoms with Gasteiger partial charge < -0.3 is 9.51 Å². The molecule has 1 N–H and O–H groups in total. The van der Waals surface area contributed by atoms with Gasteiger partial charge in [0, 0.05) is 6.20 Å². The zero-order valence-electron chi connectivity index (χ0n) is 12.7. The van der Waals surface area contributed by atoms with Crippen molar-refractivity contribution in [2.45, 2.75) is 13.8 Å². The molecule has 0 aliphatic heterocycles. The van der Waals surface area contributed by atoms with Crippen LogP contribution in [0.5, 0.6) is 0 Å². The van der Waals surface area contributed by atoms with E-state index in [1.54, 1.807) is 10.9 Å². The minimum absolute atomic E-state index is 0.422. The monoisotopic (exact) mass is 306 g/mol. The van der Waals surface area contributed by atoms with Gasteiger partial charge in [0.2, 0.25) is 5.82 Å². The molecule has 23 heavy (non-hydrogen) atoms. The molecule has 0 saturated heterocycles. The molecule has 0 bridgehead atoms.